The van der Waals surface area contributed by atoms with Gasteiger partial charge in [0.25, 0.3) is 0 Å². The van der Waals surface area contributed by atoms with Gasteiger partial charge in [-0.05, 0) is 11.1 Å². The number of fused-ring (bicyclic) bond motifs is 2. The molecule has 7 nitrogen and oxygen atoms in total. The molecule has 4 aliphatic heterocycles. The van der Waals surface area contributed by atoms with E-state index in [2.05, 4.69) is 0 Å². The monoisotopic (exact) mass is 431 g/mol. The topological polar surface area (TPSA) is 78.0 Å². The molecule has 5 unspecified atom stereocenters. The Morgan fingerprint density at radius 2 is 1.47 bits per heavy atom. The Morgan fingerprint density at radius 1 is 0.875 bits per heavy atom. The lowest BCUT2D eigenvalue weighted by molar-refractivity contribution is -0.202. The van der Waals surface area contributed by atoms with Crippen LogP contribution in [0.2, 0.25) is 0 Å². The molecule has 0 radical (unpaired) electrons. The highest BCUT2D eigenvalue weighted by Gasteiger charge is 2.74. The predicted molar refractivity (Wildman–Crippen MR) is 116 cm³/mol. The fourth-order valence-electron chi connectivity index (χ4n) is 6.34. The normalized spacial score (nSPS) is 31.2. The maximum Gasteiger partial charge on any atom is 0.235 e. The van der Waals surface area contributed by atoms with Gasteiger partial charge >= 0.3 is 0 Å². The lowest BCUT2D eigenvalue weighted by atomic mass is 9.57. The molecule has 5 atom stereocenters. The van der Waals surface area contributed by atoms with E-state index in [0.29, 0.717) is 0 Å². The second-order valence-corrected chi connectivity index (χ2v) is 8.87. The number of benzene rings is 2. The zero-order valence-corrected chi connectivity index (χ0v) is 18.3. The van der Waals surface area contributed by atoms with Crippen molar-refractivity contribution < 1.29 is 19.2 Å². The Bertz CT molecular complexity index is 1110. The molecule has 0 N–H and O–H groups in total. The highest BCUT2D eigenvalue weighted by molar-refractivity contribution is 6.07. The van der Waals surface area contributed by atoms with Crippen LogP contribution in [0.5, 0.6) is 0 Å². The number of carbonyl (C=O) groups is 4. The summed E-state index contributed by atoms with van der Waals surface area (Å²) in [5, 5.41) is 0. The number of nitrogens with zero attached hydrogens (tertiary/aromatic N) is 3. The summed E-state index contributed by atoms with van der Waals surface area (Å²) in [5.74, 6) is -2.41. The lowest BCUT2D eigenvalue weighted by Crippen LogP contribution is -2.77. The van der Waals surface area contributed by atoms with Gasteiger partial charge in [0.2, 0.25) is 23.6 Å². The maximum absolute atomic E-state index is 13.6. The number of carbonyl (C=O) groups excluding carboxylic acids is 4. The molecule has 0 aliphatic carbocycles. The van der Waals surface area contributed by atoms with E-state index in [-0.39, 0.29) is 30.2 Å². The number of hydrogen-bond donors (Lipinski definition) is 0. The Balaban J connectivity index is 1.90. The molecule has 4 amide bonds. The van der Waals surface area contributed by atoms with E-state index in [0.717, 1.165) is 11.1 Å². The van der Waals surface area contributed by atoms with Crippen LogP contribution in [0.1, 0.15) is 31.0 Å². The van der Waals surface area contributed by atoms with Crippen molar-refractivity contribution in [2.24, 2.45) is 11.8 Å². The van der Waals surface area contributed by atoms with Gasteiger partial charge in [-0.25, -0.2) is 0 Å². The van der Waals surface area contributed by atoms with Crippen molar-refractivity contribution >= 4 is 23.6 Å². The Kier molecular flexibility index (Phi) is 4.48. The summed E-state index contributed by atoms with van der Waals surface area (Å²) in [4.78, 5) is 57.7. The number of likely N-dealkylation sites (tertiary alicyclic amines) is 1. The predicted octanol–water partition coefficient (Wildman–Crippen LogP) is 1.95. The Labute approximate surface area is 186 Å². The van der Waals surface area contributed by atoms with Crippen LogP contribution in [0, 0.1) is 11.8 Å². The molecule has 4 heterocycles. The van der Waals surface area contributed by atoms with E-state index in [1.165, 1.54) is 25.8 Å². The first-order valence-electron chi connectivity index (χ1n) is 10.8. The zero-order chi connectivity index (χ0) is 22.8. The van der Waals surface area contributed by atoms with Gasteiger partial charge in [-0.2, -0.15) is 0 Å². The fourth-order valence-corrected chi connectivity index (χ4v) is 6.34. The van der Waals surface area contributed by atoms with E-state index >= 15 is 0 Å². The fraction of sp³-hybridized carbons (Fsp3) is 0.360. The average molecular weight is 431 g/mol. The van der Waals surface area contributed by atoms with Crippen LogP contribution in [0.25, 0.3) is 0 Å². The third-order valence-corrected chi connectivity index (χ3v) is 7.42. The SMILES string of the molecule is CC(=O)N1C2CN(C(C)=O)C(c3ccccc3)(C3C(=O)N(C)C(=O)C23)C1c1ccccc1. The molecular formula is C25H25N3O4. The minimum atomic E-state index is -1.20. The molecule has 6 rings (SSSR count). The molecule has 0 saturated carbocycles. The van der Waals surface area contributed by atoms with Crippen LogP contribution in [-0.2, 0) is 24.7 Å². The first-order chi connectivity index (χ1) is 15.3. The molecule has 4 saturated heterocycles. The maximum atomic E-state index is 13.6. The van der Waals surface area contributed by atoms with Crippen molar-refractivity contribution in [2.75, 3.05) is 13.6 Å². The minimum Gasteiger partial charge on any atom is -0.328 e. The van der Waals surface area contributed by atoms with Crippen molar-refractivity contribution in [2.45, 2.75) is 31.5 Å². The van der Waals surface area contributed by atoms with Gasteiger partial charge in [0.1, 0.15) is 5.54 Å². The first-order valence-corrected chi connectivity index (χ1v) is 10.8. The Hall–Kier alpha value is -3.48. The lowest BCUT2D eigenvalue weighted by Gasteiger charge is -2.66. The van der Waals surface area contributed by atoms with Crippen molar-refractivity contribution in [3.05, 3.63) is 71.8 Å². The zero-order valence-electron chi connectivity index (χ0n) is 18.3. The summed E-state index contributed by atoms with van der Waals surface area (Å²) in [5.41, 5.74) is 0.382. The number of piperidine rings is 2. The summed E-state index contributed by atoms with van der Waals surface area (Å²) in [6, 6.07) is 17.7. The summed E-state index contributed by atoms with van der Waals surface area (Å²) in [6.45, 7) is 3.19. The van der Waals surface area contributed by atoms with Gasteiger partial charge in [-0.3, -0.25) is 24.1 Å². The summed E-state index contributed by atoms with van der Waals surface area (Å²) < 4.78 is 0. The molecule has 2 aromatic carbocycles. The van der Waals surface area contributed by atoms with Crippen LogP contribution in [-0.4, -0.2) is 58.0 Å². The molecule has 4 aliphatic rings. The van der Waals surface area contributed by atoms with E-state index in [4.69, 9.17) is 0 Å². The first kappa shape index (κ1) is 20.4. The van der Waals surface area contributed by atoms with Crippen LogP contribution >= 0.6 is 0 Å². The smallest absolute Gasteiger partial charge is 0.235 e. The van der Waals surface area contributed by atoms with E-state index in [9.17, 15) is 19.2 Å². The van der Waals surface area contributed by atoms with Gasteiger partial charge < -0.3 is 9.80 Å². The number of hydrogen-bond acceptors (Lipinski definition) is 4. The molecule has 7 heteroatoms. The van der Waals surface area contributed by atoms with Gasteiger partial charge in [-0.1, -0.05) is 60.7 Å². The third-order valence-electron chi connectivity index (χ3n) is 7.42. The minimum absolute atomic E-state index is 0.180. The molecular weight excluding hydrogens is 406 g/mol. The molecule has 0 spiro atoms. The average Bonchev–Trinajstić information content (AvgIpc) is 3.04. The van der Waals surface area contributed by atoms with Crippen LogP contribution in [0.4, 0.5) is 0 Å². The van der Waals surface area contributed by atoms with Gasteiger partial charge in [0.15, 0.2) is 0 Å². The van der Waals surface area contributed by atoms with Crippen molar-refractivity contribution in [1.29, 1.82) is 0 Å². The number of imide groups is 1. The van der Waals surface area contributed by atoms with E-state index < -0.39 is 29.5 Å². The molecule has 164 valence electrons. The molecule has 4 fully saturated rings. The van der Waals surface area contributed by atoms with E-state index in [1.54, 1.807) is 9.80 Å². The van der Waals surface area contributed by atoms with Crippen molar-refractivity contribution in [3.8, 4) is 0 Å². The summed E-state index contributed by atoms with van der Waals surface area (Å²) in [6.07, 6.45) is 0. The standard InChI is InChI=1S/C25H25N3O4/c1-15(29)27-14-19-20-21(24(32)26(3)23(20)31)25(27,18-12-8-5-9-13-18)22(28(19)16(2)30)17-10-6-4-7-11-17/h4-13,19-22H,14H2,1-3H3. The van der Waals surface area contributed by atoms with Gasteiger partial charge in [0, 0.05) is 27.4 Å². The quantitative estimate of drug-likeness (QED) is 0.681. The van der Waals surface area contributed by atoms with Crippen LogP contribution < -0.4 is 0 Å². The van der Waals surface area contributed by atoms with Crippen LogP contribution in [0.3, 0.4) is 0 Å². The highest BCUT2D eigenvalue weighted by Crippen LogP contribution is 2.62. The molecule has 0 aromatic heterocycles. The van der Waals surface area contributed by atoms with Crippen LogP contribution in [0.15, 0.2) is 60.7 Å². The second-order valence-electron chi connectivity index (χ2n) is 8.87. The molecule has 32 heavy (non-hydrogen) atoms. The summed E-state index contributed by atoms with van der Waals surface area (Å²) in [7, 11) is 1.49. The van der Waals surface area contributed by atoms with Crippen molar-refractivity contribution in [3.63, 3.8) is 0 Å². The van der Waals surface area contributed by atoms with E-state index in [1.807, 2.05) is 60.7 Å². The number of piperazine rings is 1. The highest BCUT2D eigenvalue weighted by atomic mass is 16.2. The molecule has 2 aromatic rings. The number of rotatable bonds is 2. The molecule has 2 bridgehead atoms. The third kappa shape index (κ3) is 2.42. The Morgan fingerprint density at radius 3 is 2.03 bits per heavy atom. The second kappa shape index (κ2) is 7.02. The van der Waals surface area contributed by atoms with Gasteiger partial charge in [0.05, 0.1) is 23.9 Å². The number of amides is 4. The van der Waals surface area contributed by atoms with Crippen molar-refractivity contribution in [1.82, 2.24) is 14.7 Å². The largest absolute Gasteiger partial charge is 0.328 e. The summed E-state index contributed by atoms with van der Waals surface area (Å²) >= 11 is 0. The van der Waals surface area contributed by atoms with Gasteiger partial charge in [-0.15, -0.1) is 0 Å².